The van der Waals surface area contributed by atoms with Crippen molar-refractivity contribution in [1.82, 2.24) is 4.57 Å². The summed E-state index contributed by atoms with van der Waals surface area (Å²) in [5.41, 5.74) is 11.7. The molecule has 8 aromatic carbocycles. The lowest BCUT2D eigenvalue weighted by molar-refractivity contribution is 1.18. The number of hydrogen-bond donors (Lipinski definition) is 0. The fraction of sp³-hybridized carbons (Fsp3) is 0. The second-order valence-corrected chi connectivity index (χ2v) is 14.0. The Labute approximate surface area is 300 Å². The fourth-order valence-electron chi connectivity index (χ4n) is 7.69. The summed E-state index contributed by atoms with van der Waals surface area (Å²) >= 11 is 1.87. The van der Waals surface area contributed by atoms with Crippen molar-refractivity contribution in [1.29, 1.82) is 0 Å². The van der Waals surface area contributed by atoms with Crippen LogP contribution in [0.2, 0.25) is 0 Å². The van der Waals surface area contributed by atoms with E-state index in [1.54, 1.807) is 0 Å². The zero-order valence-corrected chi connectivity index (χ0v) is 28.6. The molecule has 0 fully saturated rings. The Hall–Kier alpha value is -6.42. The number of hydrogen-bond acceptors (Lipinski definition) is 2. The van der Waals surface area contributed by atoms with Crippen molar-refractivity contribution in [2.45, 2.75) is 0 Å². The molecule has 2 aromatic heterocycles. The number of anilines is 3. The average molecular weight is 669 g/mol. The maximum Gasteiger partial charge on any atom is 0.0640 e. The molecule has 10 rings (SSSR count). The van der Waals surface area contributed by atoms with E-state index in [1.807, 2.05) is 11.3 Å². The summed E-state index contributed by atoms with van der Waals surface area (Å²) in [5.74, 6) is 0. The van der Waals surface area contributed by atoms with Crippen molar-refractivity contribution in [2.75, 3.05) is 4.90 Å². The third kappa shape index (κ3) is 4.93. The quantitative estimate of drug-likeness (QED) is 0.171. The van der Waals surface area contributed by atoms with Crippen molar-refractivity contribution in [3.05, 3.63) is 194 Å². The highest BCUT2D eigenvalue weighted by atomic mass is 32.1. The van der Waals surface area contributed by atoms with Gasteiger partial charge in [-0.25, -0.2) is 0 Å². The predicted molar refractivity (Wildman–Crippen MR) is 219 cm³/mol. The van der Waals surface area contributed by atoms with Crippen LogP contribution in [0.25, 0.3) is 69.9 Å². The maximum atomic E-state index is 2.46. The second kappa shape index (κ2) is 12.2. The molecule has 2 nitrogen and oxygen atoms in total. The van der Waals surface area contributed by atoms with Crippen LogP contribution < -0.4 is 4.90 Å². The van der Waals surface area contributed by atoms with Crippen molar-refractivity contribution < 1.29 is 0 Å². The van der Waals surface area contributed by atoms with Gasteiger partial charge in [0, 0.05) is 43.3 Å². The highest BCUT2D eigenvalue weighted by Crippen LogP contribution is 2.47. The molecule has 0 amide bonds. The molecule has 51 heavy (non-hydrogen) atoms. The zero-order chi connectivity index (χ0) is 33.7. The fourth-order valence-corrected chi connectivity index (χ4v) is 8.89. The third-order valence-corrected chi connectivity index (χ3v) is 11.2. The molecular weight excluding hydrogens is 637 g/mol. The molecule has 0 aliphatic carbocycles. The SMILES string of the molecule is c1ccc(-c2ccc(N(c3ccc4c5ccccc5n(-c5ccccc5)c4c3)c3cccc4c3sc3ccccc34)cc2-c2ccccc2)cc1. The van der Waals surface area contributed by atoms with Gasteiger partial charge in [-0.05, 0) is 76.9 Å². The first-order chi connectivity index (χ1) is 25.3. The molecular formula is C48H32N2S. The number of aromatic nitrogens is 1. The van der Waals surface area contributed by atoms with Crippen molar-refractivity contribution >= 4 is 70.4 Å². The average Bonchev–Trinajstić information content (AvgIpc) is 3.75. The summed E-state index contributed by atoms with van der Waals surface area (Å²) in [5, 5.41) is 5.06. The van der Waals surface area contributed by atoms with Gasteiger partial charge in [0.25, 0.3) is 0 Å². The molecule has 0 atom stereocenters. The van der Waals surface area contributed by atoms with E-state index in [4.69, 9.17) is 0 Å². The summed E-state index contributed by atoms with van der Waals surface area (Å²) < 4.78 is 4.97. The van der Waals surface area contributed by atoms with Gasteiger partial charge < -0.3 is 9.47 Å². The van der Waals surface area contributed by atoms with E-state index in [0.717, 1.165) is 17.1 Å². The first kappa shape index (κ1) is 29.5. The predicted octanol–water partition coefficient (Wildman–Crippen LogP) is 14.0. The molecule has 0 saturated heterocycles. The van der Waals surface area contributed by atoms with E-state index in [0.29, 0.717) is 0 Å². The van der Waals surface area contributed by atoms with E-state index >= 15 is 0 Å². The van der Waals surface area contributed by atoms with Crippen LogP contribution in [0.15, 0.2) is 194 Å². The molecule has 0 N–H and O–H groups in total. The lowest BCUT2D eigenvalue weighted by atomic mass is 9.93. The molecule has 240 valence electrons. The minimum absolute atomic E-state index is 1.11. The highest BCUT2D eigenvalue weighted by molar-refractivity contribution is 7.26. The molecule has 3 heteroatoms. The van der Waals surface area contributed by atoms with Gasteiger partial charge in [0.15, 0.2) is 0 Å². The molecule has 0 aliphatic rings. The van der Waals surface area contributed by atoms with Gasteiger partial charge in [0.1, 0.15) is 0 Å². The van der Waals surface area contributed by atoms with Gasteiger partial charge in [-0.3, -0.25) is 0 Å². The second-order valence-electron chi connectivity index (χ2n) is 12.9. The molecule has 0 aliphatic heterocycles. The van der Waals surface area contributed by atoms with Crippen LogP contribution in [0.4, 0.5) is 17.1 Å². The number of thiophene rings is 1. The molecule has 2 heterocycles. The van der Waals surface area contributed by atoms with Crippen LogP contribution in [0.3, 0.4) is 0 Å². The first-order valence-corrected chi connectivity index (χ1v) is 18.2. The van der Waals surface area contributed by atoms with Gasteiger partial charge in [-0.2, -0.15) is 0 Å². The van der Waals surface area contributed by atoms with E-state index in [-0.39, 0.29) is 0 Å². The lowest BCUT2D eigenvalue weighted by Gasteiger charge is -2.27. The standard InChI is InChI=1S/C48H32N2S/c1-4-15-33(16-5-1)38-29-27-36(31-43(38)34-17-6-2-7-18-34)49(45-25-14-23-42-41-22-11-13-26-47(41)51-48(42)45)37-28-30-40-39-21-10-12-24-44(39)50(46(40)32-37)35-19-8-3-9-20-35/h1-32H. The Bertz CT molecular complexity index is 2850. The Morgan fingerprint density at radius 1 is 0.392 bits per heavy atom. The summed E-state index contributed by atoms with van der Waals surface area (Å²) in [6, 6.07) is 70.4. The molecule has 0 saturated carbocycles. The van der Waals surface area contributed by atoms with Crippen LogP contribution in [0.1, 0.15) is 0 Å². The molecule has 10 aromatic rings. The van der Waals surface area contributed by atoms with Crippen molar-refractivity contribution in [3.8, 4) is 27.9 Å². The topological polar surface area (TPSA) is 8.17 Å². The van der Waals surface area contributed by atoms with E-state index in [1.165, 1.54) is 69.9 Å². The maximum absolute atomic E-state index is 2.46. The van der Waals surface area contributed by atoms with Gasteiger partial charge >= 0.3 is 0 Å². The Kier molecular flexibility index (Phi) is 7.04. The third-order valence-electron chi connectivity index (χ3n) is 9.99. The number of para-hydroxylation sites is 2. The van der Waals surface area contributed by atoms with Crippen LogP contribution in [-0.2, 0) is 0 Å². The van der Waals surface area contributed by atoms with Crippen LogP contribution >= 0.6 is 11.3 Å². The summed E-state index contributed by atoms with van der Waals surface area (Å²) in [6.45, 7) is 0. The zero-order valence-electron chi connectivity index (χ0n) is 27.8. The number of benzene rings is 8. The Morgan fingerprint density at radius 2 is 0.980 bits per heavy atom. The van der Waals surface area contributed by atoms with Gasteiger partial charge in [-0.15, -0.1) is 11.3 Å². The molecule has 0 unspecified atom stereocenters. The smallest absolute Gasteiger partial charge is 0.0640 e. The van der Waals surface area contributed by atoms with Gasteiger partial charge in [0.05, 0.1) is 21.4 Å². The minimum atomic E-state index is 1.11. The monoisotopic (exact) mass is 668 g/mol. The number of fused-ring (bicyclic) bond motifs is 6. The normalized spacial score (nSPS) is 11.5. The van der Waals surface area contributed by atoms with E-state index in [9.17, 15) is 0 Å². The van der Waals surface area contributed by atoms with Crippen LogP contribution in [-0.4, -0.2) is 4.57 Å². The summed E-state index contributed by atoms with van der Waals surface area (Å²) in [6.07, 6.45) is 0. The Morgan fingerprint density at radius 3 is 1.76 bits per heavy atom. The van der Waals surface area contributed by atoms with E-state index < -0.39 is 0 Å². The van der Waals surface area contributed by atoms with Crippen molar-refractivity contribution in [3.63, 3.8) is 0 Å². The van der Waals surface area contributed by atoms with Crippen molar-refractivity contribution in [2.24, 2.45) is 0 Å². The van der Waals surface area contributed by atoms with Gasteiger partial charge in [-0.1, -0.05) is 140 Å². The minimum Gasteiger partial charge on any atom is -0.309 e. The van der Waals surface area contributed by atoms with Crippen LogP contribution in [0, 0.1) is 0 Å². The Balaban J connectivity index is 1.27. The van der Waals surface area contributed by atoms with Gasteiger partial charge in [0.2, 0.25) is 0 Å². The van der Waals surface area contributed by atoms with Crippen LogP contribution in [0.5, 0.6) is 0 Å². The highest BCUT2D eigenvalue weighted by Gasteiger charge is 2.22. The molecule has 0 bridgehead atoms. The summed E-state index contributed by atoms with van der Waals surface area (Å²) in [4.78, 5) is 2.46. The number of nitrogens with zero attached hydrogens (tertiary/aromatic N) is 2. The number of rotatable bonds is 6. The molecule has 0 radical (unpaired) electrons. The summed E-state index contributed by atoms with van der Waals surface area (Å²) in [7, 11) is 0. The van der Waals surface area contributed by atoms with E-state index in [2.05, 4.69) is 204 Å². The molecule has 0 spiro atoms. The largest absolute Gasteiger partial charge is 0.309 e. The first-order valence-electron chi connectivity index (χ1n) is 17.4. The lowest BCUT2D eigenvalue weighted by Crippen LogP contribution is -2.10.